The number of benzene rings is 1. The van der Waals surface area contributed by atoms with E-state index in [1.807, 2.05) is 0 Å². The predicted octanol–water partition coefficient (Wildman–Crippen LogP) is 4.60. The van der Waals surface area contributed by atoms with Gasteiger partial charge in [0.05, 0.1) is 10.0 Å². The van der Waals surface area contributed by atoms with Crippen LogP contribution in [-0.4, -0.2) is 5.78 Å². The fourth-order valence-electron chi connectivity index (χ4n) is 1.67. The Morgan fingerprint density at radius 1 is 1.38 bits per heavy atom. The molecule has 1 nitrogen and oxygen atoms in total. The van der Waals surface area contributed by atoms with Crippen LogP contribution < -0.4 is 0 Å². The maximum atomic E-state index is 13.6. The molecule has 0 fully saturated rings. The number of ketones is 1. The van der Waals surface area contributed by atoms with Crippen molar-refractivity contribution < 1.29 is 9.18 Å². The minimum absolute atomic E-state index is 0.104. The zero-order valence-electron chi connectivity index (χ0n) is 9.59. The van der Waals surface area contributed by atoms with E-state index in [-0.39, 0.29) is 11.3 Å². The molecule has 0 aliphatic heterocycles. The lowest BCUT2D eigenvalue weighted by Crippen LogP contribution is -2.09. The van der Waals surface area contributed by atoms with Gasteiger partial charge >= 0.3 is 0 Å². The van der Waals surface area contributed by atoms with E-state index >= 15 is 0 Å². The average Bonchev–Trinajstić information content (AvgIpc) is 2.29. The summed E-state index contributed by atoms with van der Waals surface area (Å²) < 4.78 is 14.0. The van der Waals surface area contributed by atoms with Crippen LogP contribution in [0, 0.1) is 11.7 Å². The van der Waals surface area contributed by atoms with Crippen LogP contribution in [0.3, 0.4) is 0 Å². The number of carbonyl (C=O) groups excluding carboxylic acids is 1. The first-order chi connectivity index (χ1) is 7.60. The highest BCUT2D eigenvalue weighted by Crippen LogP contribution is 2.22. The first-order valence-corrected chi connectivity index (χ1v) is 6.36. The summed E-state index contributed by atoms with van der Waals surface area (Å²) in [5.41, 5.74) is 0.196. The lowest BCUT2D eigenvalue weighted by molar-refractivity contribution is 0.0954. The van der Waals surface area contributed by atoms with Gasteiger partial charge in [0.2, 0.25) is 0 Å². The molecule has 0 aliphatic rings. The Morgan fingerprint density at radius 2 is 2.00 bits per heavy atom. The monoisotopic (exact) mass is 286 g/mol. The molecule has 1 rings (SSSR count). The average molecular weight is 287 g/mol. The molecule has 0 spiro atoms. The van der Waals surface area contributed by atoms with E-state index in [0.717, 1.165) is 12.8 Å². The molecule has 0 heterocycles. The second-order valence-electron chi connectivity index (χ2n) is 3.91. The summed E-state index contributed by atoms with van der Waals surface area (Å²) in [5, 5.41) is 0. The van der Waals surface area contributed by atoms with E-state index in [2.05, 4.69) is 29.8 Å². The van der Waals surface area contributed by atoms with Gasteiger partial charge in [0.15, 0.2) is 5.78 Å². The number of hydrogen-bond acceptors (Lipinski definition) is 1. The lowest BCUT2D eigenvalue weighted by atomic mass is 9.94. The molecule has 3 heteroatoms. The molecule has 1 aromatic rings. The third-order valence-corrected chi connectivity index (χ3v) is 3.49. The SMILES string of the molecule is CCC(CC)CC(=O)c1cccc(Br)c1F. The van der Waals surface area contributed by atoms with E-state index in [0.29, 0.717) is 16.8 Å². The molecule has 0 atom stereocenters. The molecule has 0 saturated heterocycles. The molecule has 0 aromatic heterocycles. The number of halogens is 2. The molecular weight excluding hydrogens is 271 g/mol. The molecule has 0 bridgehead atoms. The Hall–Kier alpha value is -0.700. The zero-order valence-corrected chi connectivity index (χ0v) is 11.2. The van der Waals surface area contributed by atoms with Crippen molar-refractivity contribution in [2.45, 2.75) is 33.1 Å². The second kappa shape index (κ2) is 6.14. The molecule has 16 heavy (non-hydrogen) atoms. The minimum Gasteiger partial charge on any atom is -0.294 e. The summed E-state index contributed by atoms with van der Waals surface area (Å²) in [5.74, 6) is -0.197. The topological polar surface area (TPSA) is 17.1 Å². The van der Waals surface area contributed by atoms with Crippen molar-refractivity contribution in [1.82, 2.24) is 0 Å². The van der Waals surface area contributed by atoms with Gasteiger partial charge in [0.1, 0.15) is 5.82 Å². The lowest BCUT2D eigenvalue weighted by Gasteiger charge is -2.11. The van der Waals surface area contributed by atoms with Crippen LogP contribution in [0.4, 0.5) is 4.39 Å². The summed E-state index contributed by atoms with van der Waals surface area (Å²) in [6, 6.07) is 4.83. The molecular formula is C13H16BrFO. The maximum absolute atomic E-state index is 13.6. The second-order valence-corrected chi connectivity index (χ2v) is 4.77. The molecule has 88 valence electrons. The van der Waals surface area contributed by atoms with Gasteiger partial charge in [0.25, 0.3) is 0 Å². The van der Waals surface area contributed by atoms with E-state index in [1.54, 1.807) is 18.2 Å². The summed E-state index contributed by atoms with van der Waals surface area (Å²) >= 11 is 3.09. The van der Waals surface area contributed by atoms with E-state index in [1.165, 1.54) is 0 Å². The molecule has 1 aromatic carbocycles. The third kappa shape index (κ3) is 3.14. The van der Waals surface area contributed by atoms with Crippen molar-refractivity contribution in [3.63, 3.8) is 0 Å². The Balaban J connectivity index is 2.84. The normalized spacial score (nSPS) is 10.8. The van der Waals surface area contributed by atoms with Crippen LogP contribution >= 0.6 is 15.9 Å². The Morgan fingerprint density at radius 3 is 2.56 bits per heavy atom. The third-order valence-electron chi connectivity index (χ3n) is 2.88. The number of hydrogen-bond donors (Lipinski definition) is 0. The first kappa shape index (κ1) is 13.4. The Kier molecular flexibility index (Phi) is 5.13. The van der Waals surface area contributed by atoms with Crippen LogP contribution in [0.25, 0.3) is 0 Å². The van der Waals surface area contributed by atoms with E-state index in [9.17, 15) is 9.18 Å². The highest BCUT2D eigenvalue weighted by Gasteiger charge is 2.16. The van der Waals surface area contributed by atoms with Gasteiger partial charge in [-0.1, -0.05) is 32.8 Å². The molecule has 0 N–H and O–H groups in total. The van der Waals surface area contributed by atoms with Crippen molar-refractivity contribution in [1.29, 1.82) is 0 Å². The standard InChI is InChI=1S/C13H16BrFO/c1-3-9(4-2)8-12(16)10-6-5-7-11(14)13(10)15/h5-7,9H,3-4,8H2,1-2H3. The van der Waals surface area contributed by atoms with Gasteiger partial charge in [-0.05, 0) is 34.0 Å². The van der Waals surface area contributed by atoms with Gasteiger partial charge in [-0.2, -0.15) is 0 Å². The largest absolute Gasteiger partial charge is 0.294 e. The molecule has 0 radical (unpaired) electrons. The molecule has 0 unspecified atom stereocenters. The zero-order chi connectivity index (χ0) is 12.1. The highest BCUT2D eigenvalue weighted by atomic mass is 79.9. The van der Waals surface area contributed by atoms with E-state index < -0.39 is 5.82 Å². The van der Waals surface area contributed by atoms with Gasteiger partial charge in [-0.25, -0.2) is 4.39 Å². The van der Waals surface area contributed by atoms with Crippen LogP contribution in [0.15, 0.2) is 22.7 Å². The van der Waals surface area contributed by atoms with Crippen LogP contribution in [0.5, 0.6) is 0 Å². The summed E-state index contributed by atoms with van der Waals surface area (Å²) in [7, 11) is 0. The molecule has 0 amide bonds. The number of Topliss-reactive ketones (excluding diaryl/α,β-unsaturated/α-hetero) is 1. The van der Waals surface area contributed by atoms with Gasteiger partial charge < -0.3 is 0 Å². The van der Waals surface area contributed by atoms with Crippen LogP contribution in [-0.2, 0) is 0 Å². The highest BCUT2D eigenvalue weighted by molar-refractivity contribution is 9.10. The van der Waals surface area contributed by atoms with Crippen LogP contribution in [0.2, 0.25) is 0 Å². The first-order valence-electron chi connectivity index (χ1n) is 5.57. The van der Waals surface area contributed by atoms with Crippen molar-refractivity contribution in [2.24, 2.45) is 5.92 Å². The number of rotatable bonds is 5. The smallest absolute Gasteiger partial charge is 0.166 e. The fraction of sp³-hybridized carbons (Fsp3) is 0.462. The quantitative estimate of drug-likeness (QED) is 0.723. The Labute approximate surface area is 104 Å². The minimum atomic E-state index is -0.446. The number of carbonyl (C=O) groups is 1. The summed E-state index contributed by atoms with van der Waals surface area (Å²) in [6.45, 7) is 4.11. The van der Waals surface area contributed by atoms with Gasteiger partial charge in [-0.3, -0.25) is 4.79 Å². The maximum Gasteiger partial charge on any atom is 0.166 e. The molecule has 0 aliphatic carbocycles. The van der Waals surface area contributed by atoms with Crippen molar-refractivity contribution >= 4 is 21.7 Å². The van der Waals surface area contributed by atoms with Crippen molar-refractivity contribution in [3.05, 3.63) is 34.1 Å². The van der Waals surface area contributed by atoms with Crippen molar-refractivity contribution in [2.75, 3.05) is 0 Å². The van der Waals surface area contributed by atoms with E-state index in [4.69, 9.17) is 0 Å². The van der Waals surface area contributed by atoms with Crippen molar-refractivity contribution in [3.8, 4) is 0 Å². The Bertz CT molecular complexity index is 372. The van der Waals surface area contributed by atoms with Crippen LogP contribution in [0.1, 0.15) is 43.5 Å². The molecule has 0 saturated carbocycles. The fourth-order valence-corrected chi connectivity index (χ4v) is 2.03. The predicted molar refractivity (Wildman–Crippen MR) is 67.1 cm³/mol. The summed E-state index contributed by atoms with van der Waals surface area (Å²) in [4.78, 5) is 11.9. The van der Waals surface area contributed by atoms with Gasteiger partial charge in [0, 0.05) is 6.42 Å². The summed E-state index contributed by atoms with van der Waals surface area (Å²) in [6.07, 6.45) is 2.34. The van der Waals surface area contributed by atoms with Gasteiger partial charge in [-0.15, -0.1) is 0 Å².